The first kappa shape index (κ1) is 14.3. The molecule has 0 bridgehead atoms. The second-order valence-electron chi connectivity index (χ2n) is 3.64. The van der Waals surface area contributed by atoms with Crippen LogP contribution >= 0.6 is 22.9 Å². The highest BCUT2D eigenvalue weighted by atomic mass is 35.5. The van der Waals surface area contributed by atoms with Gasteiger partial charge >= 0.3 is 0 Å². The summed E-state index contributed by atoms with van der Waals surface area (Å²) < 4.78 is 40.0. The number of benzene rings is 1. The Bertz CT molecular complexity index is 700. The van der Waals surface area contributed by atoms with E-state index in [9.17, 15) is 12.8 Å². The lowest BCUT2D eigenvalue weighted by atomic mass is 10.3. The highest BCUT2D eigenvalue weighted by Gasteiger charge is 2.20. The van der Waals surface area contributed by atoms with E-state index in [1.54, 1.807) is 5.38 Å². The SMILES string of the molecule is NCc1sccc1S(=O)(=O)Nc1ccc(Cl)cc1F. The molecule has 2 aromatic rings. The number of anilines is 1. The van der Waals surface area contributed by atoms with Crippen LogP contribution in [0.15, 0.2) is 34.5 Å². The minimum absolute atomic E-state index is 0.0642. The zero-order valence-electron chi connectivity index (χ0n) is 9.56. The van der Waals surface area contributed by atoms with Crippen LogP contribution in [0.5, 0.6) is 0 Å². The number of hydrogen-bond acceptors (Lipinski definition) is 4. The molecule has 0 saturated carbocycles. The molecule has 3 N–H and O–H groups in total. The minimum atomic E-state index is -3.85. The Morgan fingerprint density at radius 1 is 1.37 bits per heavy atom. The molecule has 4 nitrogen and oxygen atoms in total. The molecule has 0 saturated heterocycles. The van der Waals surface area contributed by atoms with Crippen LogP contribution in [0.4, 0.5) is 10.1 Å². The van der Waals surface area contributed by atoms with Crippen LogP contribution in [0, 0.1) is 5.82 Å². The number of halogens is 2. The normalized spacial score (nSPS) is 11.5. The molecule has 1 aromatic carbocycles. The predicted molar refractivity (Wildman–Crippen MR) is 74.4 cm³/mol. The van der Waals surface area contributed by atoms with Gasteiger partial charge in [0.1, 0.15) is 10.7 Å². The molecule has 0 atom stereocenters. The van der Waals surface area contributed by atoms with Crippen molar-refractivity contribution in [1.82, 2.24) is 0 Å². The second-order valence-corrected chi connectivity index (χ2v) is 6.73. The van der Waals surface area contributed by atoms with Gasteiger partial charge in [0.05, 0.1) is 5.69 Å². The third kappa shape index (κ3) is 3.06. The molecule has 1 heterocycles. The maximum atomic E-state index is 13.6. The quantitative estimate of drug-likeness (QED) is 0.910. The molecule has 0 aliphatic heterocycles. The lowest BCUT2D eigenvalue weighted by Crippen LogP contribution is -2.15. The maximum absolute atomic E-state index is 13.6. The lowest BCUT2D eigenvalue weighted by Gasteiger charge is -2.09. The maximum Gasteiger partial charge on any atom is 0.263 e. The summed E-state index contributed by atoms with van der Waals surface area (Å²) >= 11 is 6.84. The average Bonchev–Trinajstić information content (AvgIpc) is 2.82. The number of sulfonamides is 1. The fourth-order valence-electron chi connectivity index (χ4n) is 1.49. The summed E-state index contributed by atoms with van der Waals surface area (Å²) in [5.41, 5.74) is 5.31. The number of hydrogen-bond donors (Lipinski definition) is 2. The zero-order chi connectivity index (χ0) is 14.0. The summed E-state index contributed by atoms with van der Waals surface area (Å²) in [5.74, 6) is -0.736. The summed E-state index contributed by atoms with van der Waals surface area (Å²) in [6, 6.07) is 5.14. The van der Waals surface area contributed by atoms with Gasteiger partial charge in [0.15, 0.2) is 0 Å². The van der Waals surface area contributed by atoms with Gasteiger partial charge in [-0.05, 0) is 29.6 Å². The number of nitrogens with two attached hydrogens (primary N) is 1. The summed E-state index contributed by atoms with van der Waals surface area (Å²) in [4.78, 5) is 0.580. The molecule has 0 amide bonds. The van der Waals surface area contributed by atoms with Gasteiger partial charge in [-0.2, -0.15) is 0 Å². The number of rotatable bonds is 4. The molecule has 19 heavy (non-hydrogen) atoms. The van der Waals surface area contributed by atoms with Crippen LogP contribution in [-0.4, -0.2) is 8.42 Å². The Labute approximate surface area is 119 Å². The molecule has 0 aliphatic rings. The van der Waals surface area contributed by atoms with Crippen LogP contribution in [-0.2, 0) is 16.6 Å². The molecule has 8 heteroatoms. The van der Waals surface area contributed by atoms with Crippen molar-refractivity contribution in [3.63, 3.8) is 0 Å². The van der Waals surface area contributed by atoms with Gasteiger partial charge in [-0.25, -0.2) is 12.8 Å². The molecule has 0 unspecified atom stereocenters. The molecule has 1 aromatic heterocycles. The summed E-state index contributed by atoms with van der Waals surface area (Å²) in [6.07, 6.45) is 0. The van der Waals surface area contributed by atoms with E-state index in [1.807, 2.05) is 0 Å². The molecule has 0 fully saturated rings. The smallest absolute Gasteiger partial charge is 0.263 e. The first-order valence-corrected chi connectivity index (χ1v) is 7.92. The van der Waals surface area contributed by atoms with Crippen molar-refractivity contribution in [3.8, 4) is 0 Å². The van der Waals surface area contributed by atoms with Crippen molar-refractivity contribution >= 4 is 38.6 Å². The van der Waals surface area contributed by atoms with Crippen LogP contribution < -0.4 is 10.5 Å². The van der Waals surface area contributed by atoms with Crippen molar-refractivity contribution in [2.45, 2.75) is 11.4 Å². The first-order chi connectivity index (χ1) is 8.94. The van der Waals surface area contributed by atoms with Crippen LogP contribution in [0.1, 0.15) is 4.88 Å². The first-order valence-electron chi connectivity index (χ1n) is 5.18. The van der Waals surface area contributed by atoms with E-state index in [-0.39, 0.29) is 22.2 Å². The zero-order valence-corrected chi connectivity index (χ0v) is 11.9. The molecule has 2 rings (SSSR count). The third-order valence-electron chi connectivity index (χ3n) is 2.35. The van der Waals surface area contributed by atoms with E-state index in [4.69, 9.17) is 17.3 Å². The summed E-state index contributed by atoms with van der Waals surface area (Å²) in [5, 5.41) is 1.81. The van der Waals surface area contributed by atoms with Crippen molar-refractivity contribution in [3.05, 3.63) is 45.4 Å². The van der Waals surface area contributed by atoms with E-state index in [0.717, 1.165) is 6.07 Å². The van der Waals surface area contributed by atoms with Gasteiger partial charge in [0, 0.05) is 16.4 Å². The van der Waals surface area contributed by atoms with E-state index in [0.29, 0.717) is 4.88 Å². The van der Waals surface area contributed by atoms with Gasteiger partial charge in [0.25, 0.3) is 10.0 Å². The Morgan fingerprint density at radius 3 is 2.74 bits per heavy atom. The Kier molecular flexibility index (Phi) is 4.10. The topological polar surface area (TPSA) is 72.2 Å². The van der Waals surface area contributed by atoms with Gasteiger partial charge in [0.2, 0.25) is 0 Å². The summed E-state index contributed by atoms with van der Waals surface area (Å²) in [7, 11) is -3.85. The van der Waals surface area contributed by atoms with Gasteiger partial charge in [-0.3, -0.25) is 4.72 Å². The van der Waals surface area contributed by atoms with Crippen LogP contribution in [0.25, 0.3) is 0 Å². The Balaban J connectivity index is 2.37. The Hall–Kier alpha value is -1.15. The minimum Gasteiger partial charge on any atom is -0.326 e. The summed E-state index contributed by atoms with van der Waals surface area (Å²) in [6.45, 7) is 0.108. The molecular formula is C11H10ClFN2O2S2. The van der Waals surface area contributed by atoms with E-state index < -0.39 is 15.8 Å². The molecular weight excluding hydrogens is 311 g/mol. The highest BCUT2D eigenvalue weighted by Crippen LogP contribution is 2.26. The van der Waals surface area contributed by atoms with Crippen molar-refractivity contribution in [2.75, 3.05) is 4.72 Å². The average molecular weight is 321 g/mol. The standard InChI is InChI=1S/C11H10ClFN2O2S2/c12-7-1-2-9(8(13)5-7)15-19(16,17)11-3-4-18-10(11)6-14/h1-5,15H,6,14H2. The van der Waals surface area contributed by atoms with E-state index in [2.05, 4.69) is 4.72 Å². The Morgan fingerprint density at radius 2 is 2.11 bits per heavy atom. The number of thiophene rings is 1. The van der Waals surface area contributed by atoms with Gasteiger partial charge < -0.3 is 5.73 Å². The van der Waals surface area contributed by atoms with Crippen LogP contribution in [0.3, 0.4) is 0 Å². The second kappa shape index (κ2) is 5.46. The van der Waals surface area contributed by atoms with Crippen molar-refractivity contribution in [1.29, 1.82) is 0 Å². The fourth-order valence-corrected chi connectivity index (χ4v) is 4.05. The number of nitrogens with one attached hydrogen (secondary N) is 1. The molecule has 102 valence electrons. The molecule has 0 radical (unpaired) electrons. The third-order valence-corrected chi connectivity index (χ3v) is 5.11. The van der Waals surface area contributed by atoms with Gasteiger partial charge in [-0.15, -0.1) is 11.3 Å². The fraction of sp³-hybridized carbons (Fsp3) is 0.0909. The van der Waals surface area contributed by atoms with E-state index >= 15 is 0 Å². The molecule has 0 aliphatic carbocycles. The van der Waals surface area contributed by atoms with Crippen LogP contribution in [0.2, 0.25) is 5.02 Å². The van der Waals surface area contributed by atoms with Gasteiger partial charge in [-0.1, -0.05) is 11.6 Å². The largest absolute Gasteiger partial charge is 0.326 e. The predicted octanol–water partition coefficient (Wildman–Crippen LogP) is 2.80. The molecule has 0 spiro atoms. The van der Waals surface area contributed by atoms with Crippen molar-refractivity contribution in [2.24, 2.45) is 5.73 Å². The monoisotopic (exact) mass is 320 g/mol. The lowest BCUT2D eigenvalue weighted by molar-refractivity contribution is 0.598. The highest BCUT2D eigenvalue weighted by molar-refractivity contribution is 7.93. The van der Waals surface area contributed by atoms with Crippen molar-refractivity contribution < 1.29 is 12.8 Å². The van der Waals surface area contributed by atoms with E-state index in [1.165, 1.54) is 29.5 Å².